The summed E-state index contributed by atoms with van der Waals surface area (Å²) < 4.78 is 11.5. The molecular weight excluding hydrogens is 502 g/mol. The molecule has 0 radical (unpaired) electrons. The molecule has 0 aliphatic heterocycles. The van der Waals surface area contributed by atoms with Crippen LogP contribution < -0.4 is 4.74 Å². The van der Waals surface area contributed by atoms with Crippen molar-refractivity contribution in [1.82, 2.24) is 4.90 Å². The number of amides is 1. The minimum Gasteiger partial charge on any atom is -0.491 e. The lowest BCUT2D eigenvalue weighted by molar-refractivity contribution is -0.136. The number of rotatable bonds is 15. The molecule has 0 bridgehead atoms. The second-order valence-corrected chi connectivity index (χ2v) is 11.0. The van der Waals surface area contributed by atoms with Gasteiger partial charge in [-0.3, -0.25) is 9.59 Å². The zero-order valence-electron chi connectivity index (χ0n) is 23.8. The second kappa shape index (κ2) is 14.2. The van der Waals surface area contributed by atoms with E-state index < -0.39 is 12.0 Å². The smallest absolute Gasteiger partial charge is 0.230 e. The van der Waals surface area contributed by atoms with Crippen molar-refractivity contribution in [1.29, 1.82) is 0 Å². The summed E-state index contributed by atoms with van der Waals surface area (Å²) in [6.07, 6.45) is 2.61. The van der Waals surface area contributed by atoms with Crippen LogP contribution in [0, 0.1) is 5.92 Å². The fraction of sp³-hybridized carbons (Fsp3) is 0.412. The van der Waals surface area contributed by atoms with Crippen molar-refractivity contribution in [3.63, 3.8) is 0 Å². The van der Waals surface area contributed by atoms with Gasteiger partial charge >= 0.3 is 0 Å². The van der Waals surface area contributed by atoms with Crippen LogP contribution in [-0.2, 0) is 16.0 Å². The molecule has 0 saturated heterocycles. The number of hydrogen-bond acceptors (Lipinski definition) is 5. The molecule has 1 saturated carbocycles. The van der Waals surface area contributed by atoms with Gasteiger partial charge in [0.05, 0.1) is 19.1 Å². The topological polar surface area (TPSA) is 76.1 Å². The zero-order chi connectivity index (χ0) is 28.5. The Hall–Kier alpha value is -3.48. The Morgan fingerprint density at radius 1 is 0.925 bits per heavy atom. The first kappa shape index (κ1) is 29.5. The molecule has 1 amide bonds. The molecule has 40 heavy (non-hydrogen) atoms. The number of carbonyl (C=O) groups is 2. The summed E-state index contributed by atoms with van der Waals surface area (Å²) in [5.41, 5.74) is 3.10. The number of carbonyl (C=O) groups excluding carboxylic acids is 2. The van der Waals surface area contributed by atoms with E-state index in [1.807, 2.05) is 75.4 Å². The van der Waals surface area contributed by atoms with Crippen LogP contribution in [0.5, 0.6) is 5.75 Å². The summed E-state index contributed by atoms with van der Waals surface area (Å²) in [6.45, 7) is 7.52. The first-order valence-corrected chi connectivity index (χ1v) is 14.3. The number of hydrogen-bond donors (Lipinski definition) is 1. The molecule has 6 nitrogen and oxygen atoms in total. The molecule has 1 fully saturated rings. The van der Waals surface area contributed by atoms with Crippen LogP contribution in [0.2, 0.25) is 0 Å². The van der Waals surface area contributed by atoms with Gasteiger partial charge in [-0.05, 0) is 75.3 Å². The molecule has 212 valence electrons. The first-order valence-electron chi connectivity index (χ1n) is 14.3. The lowest BCUT2D eigenvalue weighted by Gasteiger charge is -2.31. The van der Waals surface area contributed by atoms with Crippen molar-refractivity contribution in [2.45, 2.75) is 58.1 Å². The van der Waals surface area contributed by atoms with E-state index in [4.69, 9.17) is 9.47 Å². The van der Waals surface area contributed by atoms with Crippen molar-refractivity contribution < 1.29 is 24.2 Å². The molecule has 2 atom stereocenters. The summed E-state index contributed by atoms with van der Waals surface area (Å²) in [5, 5.41) is 10.7. The third kappa shape index (κ3) is 8.51. The van der Waals surface area contributed by atoms with Crippen LogP contribution in [0.1, 0.15) is 66.6 Å². The third-order valence-corrected chi connectivity index (χ3v) is 7.32. The summed E-state index contributed by atoms with van der Waals surface area (Å²) in [4.78, 5) is 28.1. The molecule has 6 heteroatoms. The van der Waals surface area contributed by atoms with Gasteiger partial charge in [-0.25, -0.2) is 0 Å². The Balaban J connectivity index is 1.29. The van der Waals surface area contributed by atoms with Gasteiger partial charge in [0, 0.05) is 23.8 Å². The van der Waals surface area contributed by atoms with Crippen molar-refractivity contribution in [3.05, 3.63) is 101 Å². The van der Waals surface area contributed by atoms with Crippen LogP contribution in [0.4, 0.5) is 0 Å². The van der Waals surface area contributed by atoms with Gasteiger partial charge in [0.1, 0.15) is 18.5 Å². The normalized spacial score (nSPS) is 14.5. The van der Waals surface area contributed by atoms with Crippen molar-refractivity contribution in [2.24, 2.45) is 5.92 Å². The van der Waals surface area contributed by atoms with Gasteiger partial charge in [-0.2, -0.15) is 0 Å². The minimum absolute atomic E-state index is 0.0784. The van der Waals surface area contributed by atoms with Gasteiger partial charge in [0.25, 0.3) is 0 Å². The number of aliphatic hydroxyl groups is 1. The van der Waals surface area contributed by atoms with E-state index in [9.17, 15) is 14.7 Å². The fourth-order valence-corrected chi connectivity index (χ4v) is 4.60. The summed E-state index contributed by atoms with van der Waals surface area (Å²) in [6, 6.07) is 24.1. The van der Waals surface area contributed by atoms with Crippen LogP contribution in [0.15, 0.2) is 78.9 Å². The third-order valence-electron chi connectivity index (χ3n) is 7.32. The van der Waals surface area contributed by atoms with Crippen LogP contribution in [0.3, 0.4) is 0 Å². The average molecular weight is 544 g/mol. The summed E-state index contributed by atoms with van der Waals surface area (Å²) in [5.74, 6) is 0.795. The highest BCUT2D eigenvalue weighted by atomic mass is 16.5. The molecule has 1 aliphatic rings. The highest BCUT2D eigenvalue weighted by molar-refractivity contribution is 6.09. The molecule has 0 unspecified atom stereocenters. The Morgan fingerprint density at radius 3 is 2.30 bits per heavy atom. The lowest BCUT2D eigenvalue weighted by Crippen LogP contribution is -2.45. The highest BCUT2D eigenvalue weighted by Gasteiger charge is 2.27. The van der Waals surface area contributed by atoms with E-state index >= 15 is 0 Å². The molecule has 0 spiro atoms. The second-order valence-electron chi connectivity index (χ2n) is 11.0. The Labute approximate surface area is 237 Å². The van der Waals surface area contributed by atoms with E-state index in [-0.39, 0.29) is 30.9 Å². The minimum atomic E-state index is -0.847. The van der Waals surface area contributed by atoms with E-state index in [1.54, 1.807) is 29.2 Å². The number of benzene rings is 3. The van der Waals surface area contributed by atoms with Gasteiger partial charge in [0.15, 0.2) is 5.78 Å². The van der Waals surface area contributed by atoms with Gasteiger partial charge < -0.3 is 19.5 Å². The van der Waals surface area contributed by atoms with Gasteiger partial charge in [-0.1, -0.05) is 60.7 Å². The van der Waals surface area contributed by atoms with Crippen LogP contribution >= 0.6 is 0 Å². The van der Waals surface area contributed by atoms with Gasteiger partial charge in [-0.15, -0.1) is 0 Å². The van der Waals surface area contributed by atoms with E-state index in [0.717, 1.165) is 31.1 Å². The van der Waals surface area contributed by atoms with E-state index in [2.05, 4.69) is 0 Å². The van der Waals surface area contributed by atoms with Crippen molar-refractivity contribution >= 4 is 11.7 Å². The standard InChI is InChI=1S/C34H41NO5/c1-24(2)35(21-31(36)23-40-32-16-14-26(15-17-32)18-19-39-22-27-12-13-27)34(38)25(3)29-10-7-11-30(20-29)33(37)28-8-5-4-6-9-28/h4-11,14-17,20,24-25,27,31,36H,12-13,18-19,21-23H2,1-3H3/t25-,31+/m0/s1. The molecule has 0 aromatic heterocycles. The fourth-order valence-electron chi connectivity index (χ4n) is 4.60. The molecule has 1 N–H and O–H groups in total. The summed E-state index contributed by atoms with van der Waals surface area (Å²) in [7, 11) is 0. The maximum absolute atomic E-state index is 13.5. The first-order chi connectivity index (χ1) is 19.3. The Kier molecular flexibility index (Phi) is 10.5. The van der Waals surface area contributed by atoms with Crippen molar-refractivity contribution in [2.75, 3.05) is 26.4 Å². The zero-order valence-corrected chi connectivity index (χ0v) is 23.8. The number of nitrogens with zero attached hydrogens (tertiary/aromatic N) is 1. The monoisotopic (exact) mass is 543 g/mol. The number of ether oxygens (including phenoxy) is 2. The molecule has 0 heterocycles. The lowest BCUT2D eigenvalue weighted by atomic mass is 9.94. The van der Waals surface area contributed by atoms with Crippen LogP contribution in [-0.4, -0.2) is 60.2 Å². The van der Waals surface area contributed by atoms with Gasteiger partial charge in [0.2, 0.25) is 5.91 Å². The van der Waals surface area contributed by atoms with Crippen molar-refractivity contribution in [3.8, 4) is 5.75 Å². The number of aliphatic hydroxyl groups excluding tert-OH is 1. The molecule has 4 rings (SSSR count). The highest BCUT2D eigenvalue weighted by Crippen LogP contribution is 2.28. The van der Waals surface area contributed by atoms with E-state index in [1.165, 1.54) is 18.4 Å². The SMILES string of the molecule is CC(C)N(C[C@@H](O)COc1ccc(CCOCC2CC2)cc1)C(=O)[C@@H](C)c1cccc(C(=O)c2ccccc2)c1. The van der Waals surface area contributed by atoms with Crippen LogP contribution in [0.25, 0.3) is 0 Å². The van der Waals surface area contributed by atoms with E-state index in [0.29, 0.717) is 16.9 Å². The predicted octanol–water partition coefficient (Wildman–Crippen LogP) is 5.67. The molecular formula is C34H41NO5. The quantitative estimate of drug-likeness (QED) is 0.198. The summed E-state index contributed by atoms with van der Waals surface area (Å²) >= 11 is 0. The predicted molar refractivity (Wildman–Crippen MR) is 157 cm³/mol. The largest absolute Gasteiger partial charge is 0.491 e. The maximum Gasteiger partial charge on any atom is 0.230 e. The molecule has 3 aromatic carbocycles. The Bertz CT molecular complexity index is 1240. The maximum atomic E-state index is 13.5. The average Bonchev–Trinajstić information content (AvgIpc) is 3.81. The molecule has 3 aromatic rings. The number of ketones is 1. The Morgan fingerprint density at radius 2 is 1.62 bits per heavy atom. The molecule has 1 aliphatic carbocycles.